The van der Waals surface area contributed by atoms with Gasteiger partial charge in [0.2, 0.25) is 16.0 Å². The molecule has 1 aromatic carbocycles. The molecule has 10 heteroatoms. The molecule has 0 spiro atoms. The molecular weight excluding hydrogens is 416 g/mol. The van der Waals surface area contributed by atoms with Gasteiger partial charge in [-0.2, -0.15) is 5.26 Å². The molecular formula is C21H24N6O3S. The quantitative estimate of drug-likeness (QED) is 0.478. The minimum absolute atomic E-state index is 0.163. The number of rotatable bonds is 5. The summed E-state index contributed by atoms with van der Waals surface area (Å²) >= 11 is 0. The van der Waals surface area contributed by atoms with Crippen LogP contribution in [-0.4, -0.2) is 42.4 Å². The first kappa shape index (κ1) is 22.2. The summed E-state index contributed by atoms with van der Waals surface area (Å²) in [6.07, 6.45) is 3.73. The van der Waals surface area contributed by atoms with Gasteiger partial charge >= 0.3 is 0 Å². The zero-order chi connectivity index (χ0) is 22.8. The van der Waals surface area contributed by atoms with Gasteiger partial charge in [-0.25, -0.2) is 17.7 Å². The summed E-state index contributed by atoms with van der Waals surface area (Å²) in [5, 5.41) is 19.2. The summed E-state index contributed by atoms with van der Waals surface area (Å²) < 4.78 is 26.0. The number of benzene rings is 1. The second-order valence-corrected chi connectivity index (χ2v) is 9.63. The van der Waals surface area contributed by atoms with Crippen LogP contribution in [0.5, 0.6) is 0 Å². The van der Waals surface area contributed by atoms with Crippen LogP contribution in [0.25, 0.3) is 0 Å². The molecule has 1 aliphatic carbocycles. The molecule has 3 rings (SSSR count). The number of carbonyl (C=O) groups is 1. The molecule has 162 valence electrons. The van der Waals surface area contributed by atoms with Crippen molar-refractivity contribution in [3.8, 4) is 6.07 Å². The molecule has 4 N–H and O–H groups in total. The van der Waals surface area contributed by atoms with E-state index in [9.17, 15) is 13.2 Å². The van der Waals surface area contributed by atoms with E-state index in [-0.39, 0.29) is 17.4 Å². The number of nitrogens with one attached hydrogen (secondary N) is 2. The molecule has 1 aliphatic rings. The number of aryl methyl sites for hydroxylation is 2. The number of pyridine rings is 1. The molecule has 0 bridgehead atoms. The molecule has 0 radical (unpaired) electrons. The molecule has 0 fully saturated rings. The van der Waals surface area contributed by atoms with Crippen LogP contribution in [0.3, 0.4) is 0 Å². The number of sulfonamides is 1. The Balaban J connectivity index is 1.85. The monoisotopic (exact) mass is 440 g/mol. The zero-order valence-electron chi connectivity index (χ0n) is 17.3. The molecule has 1 unspecified atom stereocenters. The van der Waals surface area contributed by atoms with E-state index in [1.807, 2.05) is 12.1 Å². The predicted molar refractivity (Wildman–Crippen MR) is 117 cm³/mol. The number of hydrogen-bond acceptors (Lipinski definition) is 6. The van der Waals surface area contributed by atoms with E-state index >= 15 is 0 Å². The summed E-state index contributed by atoms with van der Waals surface area (Å²) in [6, 6.07) is 9.08. The maximum atomic E-state index is 12.7. The maximum Gasteiger partial charge on any atom is 0.274 e. The van der Waals surface area contributed by atoms with Crippen LogP contribution in [-0.2, 0) is 16.4 Å². The lowest BCUT2D eigenvalue weighted by Crippen LogP contribution is -2.40. The van der Waals surface area contributed by atoms with E-state index in [0.717, 1.165) is 28.3 Å². The van der Waals surface area contributed by atoms with Crippen LogP contribution >= 0.6 is 0 Å². The van der Waals surface area contributed by atoms with Crippen LogP contribution in [0.1, 0.15) is 51.5 Å². The standard InChI is InChI=1S/C21H24N6O3S/c1-13-8-14(10-22)11-25-19(13)20(28)26-17-7-6-15-4-3-5-16(18(15)9-17)12-31(29,30)27(2)21(23)24/h6-9,11,16H,3-5,12H2,1-2H3,(H3,23,24)(H,26,28). The average molecular weight is 441 g/mol. The van der Waals surface area contributed by atoms with E-state index in [4.69, 9.17) is 16.4 Å². The topological polar surface area (TPSA) is 153 Å². The van der Waals surface area contributed by atoms with Crippen LogP contribution < -0.4 is 11.1 Å². The molecule has 0 saturated carbocycles. The number of amides is 1. The molecule has 1 atom stereocenters. The van der Waals surface area contributed by atoms with Crippen molar-refractivity contribution in [2.75, 3.05) is 18.1 Å². The molecule has 0 saturated heterocycles. The first-order valence-corrected chi connectivity index (χ1v) is 11.3. The van der Waals surface area contributed by atoms with Crippen molar-refractivity contribution in [2.24, 2.45) is 5.73 Å². The fourth-order valence-electron chi connectivity index (χ4n) is 3.73. The highest BCUT2D eigenvalue weighted by molar-refractivity contribution is 7.89. The van der Waals surface area contributed by atoms with Gasteiger partial charge in [0, 0.05) is 18.9 Å². The summed E-state index contributed by atoms with van der Waals surface area (Å²) in [6.45, 7) is 1.71. The third-order valence-electron chi connectivity index (χ3n) is 5.43. The molecule has 9 nitrogen and oxygen atoms in total. The van der Waals surface area contributed by atoms with Crippen molar-refractivity contribution in [3.63, 3.8) is 0 Å². The molecule has 1 heterocycles. The van der Waals surface area contributed by atoms with Crippen LogP contribution in [0.2, 0.25) is 0 Å². The number of nitrogens with zero attached hydrogens (tertiary/aromatic N) is 3. The summed E-state index contributed by atoms with van der Waals surface area (Å²) in [5.41, 5.74) is 8.99. The lowest BCUT2D eigenvalue weighted by atomic mass is 9.83. The van der Waals surface area contributed by atoms with Gasteiger partial charge in [0.25, 0.3) is 5.91 Å². The lowest BCUT2D eigenvalue weighted by Gasteiger charge is -2.28. The van der Waals surface area contributed by atoms with Gasteiger partial charge in [-0.3, -0.25) is 10.2 Å². The van der Waals surface area contributed by atoms with Gasteiger partial charge in [0.1, 0.15) is 11.8 Å². The number of fused-ring (bicyclic) bond motifs is 1. The second kappa shape index (κ2) is 8.73. The zero-order valence-corrected chi connectivity index (χ0v) is 18.2. The SMILES string of the molecule is Cc1cc(C#N)cnc1C(=O)Nc1ccc2c(c1)C(CS(=O)(=O)N(C)C(=N)N)CCC2. The number of carbonyl (C=O) groups excluding carboxylic acids is 1. The number of nitriles is 1. The Morgan fingerprint density at radius 1 is 1.42 bits per heavy atom. The fourth-order valence-corrected chi connectivity index (χ4v) is 5.11. The van der Waals surface area contributed by atoms with Crippen molar-refractivity contribution in [3.05, 3.63) is 58.4 Å². The maximum absolute atomic E-state index is 12.7. The van der Waals surface area contributed by atoms with E-state index in [1.165, 1.54) is 13.2 Å². The van der Waals surface area contributed by atoms with Crippen molar-refractivity contribution < 1.29 is 13.2 Å². The Morgan fingerprint density at radius 2 is 2.16 bits per heavy atom. The smallest absolute Gasteiger partial charge is 0.274 e. The average Bonchev–Trinajstić information content (AvgIpc) is 2.73. The van der Waals surface area contributed by atoms with Gasteiger partial charge in [-0.15, -0.1) is 0 Å². The largest absolute Gasteiger partial charge is 0.369 e. The normalized spacial score (nSPS) is 15.5. The molecule has 0 aliphatic heterocycles. The van der Waals surface area contributed by atoms with Gasteiger partial charge in [-0.1, -0.05) is 6.07 Å². The number of aromatic nitrogens is 1. The lowest BCUT2D eigenvalue weighted by molar-refractivity contribution is 0.102. The first-order chi connectivity index (χ1) is 14.6. The summed E-state index contributed by atoms with van der Waals surface area (Å²) in [4.78, 5) is 16.8. The van der Waals surface area contributed by atoms with Crippen LogP contribution in [0.15, 0.2) is 30.5 Å². The minimum atomic E-state index is -3.73. The highest BCUT2D eigenvalue weighted by Crippen LogP contribution is 2.35. The Labute approximate surface area is 181 Å². The molecule has 31 heavy (non-hydrogen) atoms. The molecule has 1 aromatic heterocycles. The van der Waals surface area contributed by atoms with Gasteiger partial charge in [-0.05, 0) is 67.0 Å². The number of hydrogen-bond donors (Lipinski definition) is 3. The minimum Gasteiger partial charge on any atom is -0.369 e. The number of guanidine groups is 1. The Hall–Kier alpha value is -3.45. The Kier molecular flexibility index (Phi) is 6.27. The Morgan fingerprint density at radius 3 is 2.81 bits per heavy atom. The van der Waals surface area contributed by atoms with Gasteiger partial charge in [0.05, 0.1) is 11.3 Å². The fraction of sp³-hybridized carbons (Fsp3) is 0.333. The van der Waals surface area contributed by atoms with Crippen molar-refractivity contribution >= 4 is 27.6 Å². The third kappa shape index (κ3) is 4.83. The van der Waals surface area contributed by atoms with Gasteiger partial charge < -0.3 is 11.1 Å². The second-order valence-electron chi connectivity index (χ2n) is 7.59. The summed E-state index contributed by atoms with van der Waals surface area (Å²) in [5.74, 6) is -1.35. The molecule has 2 aromatic rings. The predicted octanol–water partition coefficient (Wildman–Crippen LogP) is 2.09. The first-order valence-electron chi connectivity index (χ1n) is 9.74. The Bertz CT molecular complexity index is 1190. The van der Waals surface area contributed by atoms with Crippen molar-refractivity contribution in [1.82, 2.24) is 9.29 Å². The van der Waals surface area contributed by atoms with Crippen LogP contribution in [0, 0.1) is 23.7 Å². The van der Waals surface area contributed by atoms with E-state index in [0.29, 0.717) is 23.2 Å². The van der Waals surface area contributed by atoms with Gasteiger partial charge in [0.15, 0.2) is 0 Å². The van der Waals surface area contributed by atoms with Crippen LogP contribution in [0.4, 0.5) is 5.69 Å². The van der Waals surface area contributed by atoms with Crippen molar-refractivity contribution in [2.45, 2.75) is 32.1 Å². The van der Waals surface area contributed by atoms with Crippen molar-refractivity contribution in [1.29, 1.82) is 10.7 Å². The van der Waals surface area contributed by atoms with E-state index < -0.39 is 21.9 Å². The third-order valence-corrected chi connectivity index (χ3v) is 7.29. The highest BCUT2D eigenvalue weighted by Gasteiger charge is 2.29. The van der Waals surface area contributed by atoms with E-state index in [1.54, 1.807) is 25.1 Å². The number of anilines is 1. The summed E-state index contributed by atoms with van der Waals surface area (Å²) in [7, 11) is -2.46. The van der Waals surface area contributed by atoms with E-state index in [2.05, 4.69) is 10.3 Å². The molecule has 1 amide bonds. The number of nitrogens with two attached hydrogens (primary N) is 1. The highest BCUT2D eigenvalue weighted by atomic mass is 32.2.